The van der Waals surface area contributed by atoms with Crippen LogP contribution < -0.4 is 10.1 Å². The fraction of sp³-hybridized carbons (Fsp3) is 0.158. The standard InChI is InChI=1S/C19H20N2O3/c1-15(8-9-16-6-4-3-5-7-16)21-24-14-19(22)20-17-10-12-18(23-2)13-11-17/h3-13H,14H2,1-2H3,(H,20,22)/b9-8+,21-15+. The van der Waals surface area contributed by atoms with Gasteiger partial charge in [-0.05, 0) is 42.8 Å². The van der Waals surface area contributed by atoms with Crippen LogP contribution in [0.5, 0.6) is 5.75 Å². The Hall–Kier alpha value is -3.08. The normalized spacial score (nSPS) is 11.3. The molecule has 124 valence electrons. The second-order valence-electron chi connectivity index (χ2n) is 5.03. The van der Waals surface area contributed by atoms with Crippen LogP contribution in [0.25, 0.3) is 6.08 Å². The van der Waals surface area contributed by atoms with Gasteiger partial charge in [0.15, 0.2) is 6.61 Å². The molecule has 0 atom stereocenters. The first-order valence-corrected chi connectivity index (χ1v) is 7.51. The van der Waals surface area contributed by atoms with Crippen molar-refractivity contribution >= 4 is 23.4 Å². The highest BCUT2D eigenvalue weighted by molar-refractivity contribution is 5.96. The number of methoxy groups -OCH3 is 1. The average Bonchev–Trinajstić information content (AvgIpc) is 2.61. The van der Waals surface area contributed by atoms with E-state index in [0.717, 1.165) is 11.3 Å². The largest absolute Gasteiger partial charge is 0.497 e. The molecule has 2 aromatic rings. The second-order valence-corrected chi connectivity index (χ2v) is 5.03. The third-order valence-corrected chi connectivity index (χ3v) is 3.09. The number of allylic oxidation sites excluding steroid dienone is 1. The van der Waals surface area contributed by atoms with E-state index in [-0.39, 0.29) is 12.5 Å². The number of carbonyl (C=O) groups excluding carboxylic acids is 1. The molecule has 5 nitrogen and oxygen atoms in total. The first-order chi connectivity index (χ1) is 11.7. The molecule has 0 radical (unpaired) electrons. The average molecular weight is 324 g/mol. The van der Waals surface area contributed by atoms with Crippen LogP contribution in [0, 0.1) is 0 Å². The Balaban J connectivity index is 1.77. The molecule has 0 aliphatic rings. The molecule has 0 aliphatic carbocycles. The van der Waals surface area contributed by atoms with Crippen LogP contribution in [0.4, 0.5) is 5.69 Å². The summed E-state index contributed by atoms with van der Waals surface area (Å²) in [5.74, 6) is 0.457. The number of benzene rings is 2. The third-order valence-electron chi connectivity index (χ3n) is 3.09. The fourth-order valence-electron chi connectivity index (χ4n) is 1.88. The number of rotatable bonds is 7. The maximum Gasteiger partial charge on any atom is 0.265 e. The van der Waals surface area contributed by atoms with Crippen molar-refractivity contribution in [2.24, 2.45) is 5.16 Å². The van der Waals surface area contributed by atoms with E-state index in [2.05, 4.69) is 10.5 Å². The molecule has 0 aliphatic heterocycles. The van der Waals surface area contributed by atoms with Gasteiger partial charge in [-0.3, -0.25) is 4.79 Å². The molecule has 2 rings (SSSR count). The second kappa shape index (κ2) is 9.15. The minimum absolute atomic E-state index is 0.150. The lowest BCUT2D eigenvalue weighted by Crippen LogP contribution is -2.17. The lowest BCUT2D eigenvalue weighted by molar-refractivity contribution is -0.120. The number of nitrogens with one attached hydrogen (secondary N) is 1. The molecule has 0 bridgehead atoms. The Kier molecular flexibility index (Phi) is 6.58. The van der Waals surface area contributed by atoms with Crippen molar-refractivity contribution in [1.82, 2.24) is 0 Å². The SMILES string of the molecule is COc1ccc(NC(=O)CO/N=C(C)/C=C/c2ccccc2)cc1. The molecule has 0 aromatic heterocycles. The Labute approximate surface area is 141 Å². The Morgan fingerprint density at radius 1 is 1.12 bits per heavy atom. The van der Waals surface area contributed by atoms with Gasteiger partial charge in [0.2, 0.25) is 0 Å². The van der Waals surface area contributed by atoms with Crippen molar-refractivity contribution in [2.45, 2.75) is 6.92 Å². The Morgan fingerprint density at radius 2 is 1.83 bits per heavy atom. The highest BCUT2D eigenvalue weighted by Gasteiger charge is 2.02. The van der Waals surface area contributed by atoms with E-state index in [1.54, 1.807) is 38.3 Å². The summed E-state index contributed by atoms with van der Waals surface area (Å²) in [6.07, 6.45) is 3.76. The number of amides is 1. The van der Waals surface area contributed by atoms with Gasteiger partial charge in [0.25, 0.3) is 5.91 Å². The Morgan fingerprint density at radius 3 is 2.50 bits per heavy atom. The summed E-state index contributed by atoms with van der Waals surface area (Å²) in [6, 6.07) is 16.9. The molecule has 2 aromatic carbocycles. The summed E-state index contributed by atoms with van der Waals surface area (Å²) in [7, 11) is 1.59. The number of carbonyl (C=O) groups is 1. The van der Waals surface area contributed by atoms with Crippen molar-refractivity contribution in [2.75, 3.05) is 19.0 Å². The minimum Gasteiger partial charge on any atom is -0.497 e. The molecular weight excluding hydrogens is 304 g/mol. The predicted molar refractivity (Wildman–Crippen MR) is 96.2 cm³/mol. The molecule has 5 heteroatoms. The van der Waals surface area contributed by atoms with Crippen molar-refractivity contribution in [3.63, 3.8) is 0 Å². The highest BCUT2D eigenvalue weighted by atomic mass is 16.6. The van der Waals surface area contributed by atoms with Gasteiger partial charge < -0.3 is 14.9 Å². The van der Waals surface area contributed by atoms with E-state index in [4.69, 9.17) is 9.57 Å². The van der Waals surface area contributed by atoms with Gasteiger partial charge in [-0.25, -0.2) is 0 Å². The van der Waals surface area contributed by atoms with E-state index in [1.807, 2.05) is 42.5 Å². The number of hydrogen-bond donors (Lipinski definition) is 1. The molecule has 0 heterocycles. The third kappa shape index (κ3) is 5.96. The van der Waals surface area contributed by atoms with Gasteiger partial charge in [0.1, 0.15) is 5.75 Å². The molecule has 0 fully saturated rings. The van der Waals surface area contributed by atoms with Crippen LogP contribution in [0.3, 0.4) is 0 Å². The quantitative estimate of drug-likeness (QED) is 0.623. The van der Waals surface area contributed by atoms with Gasteiger partial charge in [-0.1, -0.05) is 41.6 Å². The van der Waals surface area contributed by atoms with E-state index >= 15 is 0 Å². The number of hydrogen-bond acceptors (Lipinski definition) is 4. The van der Waals surface area contributed by atoms with Crippen LogP contribution >= 0.6 is 0 Å². The van der Waals surface area contributed by atoms with Crippen LogP contribution in [-0.4, -0.2) is 25.3 Å². The summed E-state index contributed by atoms with van der Waals surface area (Å²) in [4.78, 5) is 16.8. The van der Waals surface area contributed by atoms with E-state index in [0.29, 0.717) is 11.4 Å². The summed E-state index contributed by atoms with van der Waals surface area (Å²) in [5.41, 5.74) is 2.43. The monoisotopic (exact) mass is 324 g/mol. The first-order valence-electron chi connectivity index (χ1n) is 7.51. The molecule has 1 N–H and O–H groups in total. The maximum atomic E-state index is 11.8. The smallest absolute Gasteiger partial charge is 0.265 e. The topological polar surface area (TPSA) is 59.9 Å². The van der Waals surface area contributed by atoms with Gasteiger partial charge in [0.05, 0.1) is 12.8 Å². The molecule has 0 unspecified atom stereocenters. The molecular formula is C19H20N2O3. The molecule has 0 saturated heterocycles. The number of oxime groups is 1. The summed E-state index contributed by atoms with van der Waals surface area (Å²) in [5, 5.41) is 6.62. The molecule has 1 amide bonds. The van der Waals surface area contributed by atoms with E-state index in [1.165, 1.54) is 0 Å². The zero-order valence-electron chi connectivity index (χ0n) is 13.7. The van der Waals surface area contributed by atoms with Crippen molar-refractivity contribution < 1.29 is 14.4 Å². The van der Waals surface area contributed by atoms with Crippen LogP contribution in [-0.2, 0) is 9.63 Å². The number of ether oxygens (including phenoxy) is 1. The predicted octanol–water partition coefficient (Wildman–Crippen LogP) is 3.74. The van der Waals surface area contributed by atoms with Gasteiger partial charge in [-0.2, -0.15) is 0 Å². The first kappa shape index (κ1) is 17.3. The van der Waals surface area contributed by atoms with Crippen LogP contribution in [0.15, 0.2) is 65.8 Å². The molecule has 24 heavy (non-hydrogen) atoms. The summed E-state index contributed by atoms with van der Waals surface area (Å²) < 4.78 is 5.06. The minimum atomic E-state index is -0.274. The van der Waals surface area contributed by atoms with Crippen molar-refractivity contribution in [3.8, 4) is 5.75 Å². The summed E-state index contributed by atoms with van der Waals surface area (Å²) >= 11 is 0. The molecule has 0 saturated carbocycles. The van der Waals surface area contributed by atoms with Crippen molar-refractivity contribution in [3.05, 3.63) is 66.2 Å². The zero-order chi connectivity index (χ0) is 17.2. The zero-order valence-corrected chi connectivity index (χ0v) is 13.7. The number of nitrogens with zero attached hydrogens (tertiary/aromatic N) is 1. The van der Waals surface area contributed by atoms with Crippen LogP contribution in [0.2, 0.25) is 0 Å². The van der Waals surface area contributed by atoms with Gasteiger partial charge in [0, 0.05) is 5.69 Å². The van der Waals surface area contributed by atoms with E-state index in [9.17, 15) is 4.79 Å². The van der Waals surface area contributed by atoms with E-state index < -0.39 is 0 Å². The lowest BCUT2D eigenvalue weighted by atomic mass is 10.2. The fourth-order valence-corrected chi connectivity index (χ4v) is 1.88. The van der Waals surface area contributed by atoms with Gasteiger partial charge in [-0.15, -0.1) is 0 Å². The van der Waals surface area contributed by atoms with Crippen molar-refractivity contribution in [1.29, 1.82) is 0 Å². The molecule has 0 spiro atoms. The van der Waals surface area contributed by atoms with Gasteiger partial charge >= 0.3 is 0 Å². The Bertz CT molecular complexity index is 707. The summed E-state index contributed by atoms with van der Waals surface area (Å²) in [6.45, 7) is 1.66. The lowest BCUT2D eigenvalue weighted by Gasteiger charge is -2.05. The number of anilines is 1. The van der Waals surface area contributed by atoms with Crippen LogP contribution in [0.1, 0.15) is 12.5 Å². The highest BCUT2D eigenvalue weighted by Crippen LogP contribution is 2.14. The maximum absolute atomic E-state index is 11.8.